The molecule has 0 saturated carbocycles. The van der Waals surface area contributed by atoms with E-state index >= 15 is 0 Å². The lowest BCUT2D eigenvalue weighted by molar-refractivity contribution is 0.0519. The first-order valence-electron chi connectivity index (χ1n) is 3.66. The number of ether oxygens (including phenoxy) is 1. The summed E-state index contributed by atoms with van der Waals surface area (Å²) in [5.41, 5.74) is 0.0151. The normalized spacial score (nSPS) is 9.69. The lowest BCUT2D eigenvalue weighted by Crippen LogP contribution is -2.07. The Labute approximate surface area is 80.1 Å². The maximum absolute atomic E-state index is 11.1. The van der Waals surface area contributed by atoms with Gasteiger partial charge in [-0.15, -0.1) is 0 Å². The predicted molar refractivity (Wildman–Crippen MR) is 46.9 cm³/mol. The zero-order chi connectivity index (χ0) is 9.84. The maximum atomic E-state index is 11.1. The quantitative estimate of drug-likeness (QED) is 0.739. The van der Waals surface area contributed by atoms with Gasteiger partial charge in [0.05, 0.1) is 17.8 Å². The summed E-state index contributed by atoms with van der Waals surface area (Å²) in [5.74, 6) is -0.675. The molecular weight excluding hydrogens is 194 g/mol. The SMILES string of the molecule is CCOC(=O)c1ncc(O)cc1Cl. The van der Waals surface area contributed by atoms with Gasteiger partial charge in [0.2, 0.25) is 0 Å². The van der Waals surface area contributed by atoms with Gasteiger partial charge in [0.15, 0.2) is 5.69 Å². The number of esters is 1. The molecule has 1 rings (SSSR count). The van der Waals surface area contributed by atoms with Crippen LogP contribution in [-0.2, 0) is 4.74 Å². The van der Waals surface area contributed by atoms with Crippen LogP contribution in [0.1, 0.15) is 17.4 Å². The van der Waals surface area contributed by atoms with Crippen molar-refractivity contribution in [2.24, 2.45) is 0 Å². The molecule has 0 fully saturated rings. The van der Waals surface area contributed by atoms with Crippen LogP contribution in [0.5, 0.6) is 5.75 Å². The Bertz CT molecular complexity index is 327. The van der Waals surface area contributed by atoms with Crippen molar-refractivity contribution in [1.82, 2.24) is 4.98 Å². The zero-order valence-electron chi connectivity index (χ0n) is 6.95. The van der Waals surface area contributed by atoms with Gasteiger partial charge in [0.1, 0.15) is 5.75 Å². The summed E-state index contributed by atoms with van der Waals surface area (Å²) in [5, 5.41) is 9.03. The van der Waals surface area contributed by atoms with E-state index in [1.165, 1.54) is 6.07 Å². The van der Waals surface area contributed by atoms with E-state index in [1.54, 1.807) is 6.92 Å². The number of nitrogens with zero attached hydrogens (tertiary/aromatic N) is 1. The molecule has 1 aromatic rings. The fourth-order valence-electron chi connectivity index (χ4n) is 0.777. The Morgan fingerprint density at radius 1 is 1.77 bits per heavy atom. The third-order valence-corrected chi connectivity index (χ3v) is 1.58. The fraction of sp³-hybridized carbons (Fsp3) is 0.250. The topological polar surface area (TPSA) is 59.4 Å². The van der Waals surface area contributed by atoms with E-state index in [9.17, 15) is 4.79 Å². The zero-order valence-corrected chi connectivity index (χ0v) is 7.71. The fourth-order valence-corrected chi connectivity index (χ4v) is 1.02. The van der Waals surface area contributed by atoms with Gasteiger partial charge in [-0.3, -0.25) is 0 Å². The van der Waals surface area contributed by atoms with E-state index in [0.717, 1.165) is 6.20 Å². The molecule has 0 aliphatic carbocycles. The molecule has 4 nitrogen and oxygen atoms in total. The molecule has 0 aliphatic rings. The van der Waals surface area contributed by atoms with E-state index in [1.807, 2.05) is 0 Å². The Balaban J connectivity index is 2.95. The van der Waals surface area contributed by atoms with Crippen LogP contribution >= 0.6 is 11.6 Å². The standard InChI is InChI=1S/C8H8ClNO3/c1-2-13-8(12)7-6(9)3-5(11)4-10-7/h3-4,11H,2H2,1H3. The number of hydrogen-bond acceptors (Lipinski definition) is 4. The van der Waals surface area contributed by atoms with Crippen molar-refractivity contribution in [3.63, 3.8) is 0 Å². The smallest absolute Gasteiger partial charge is 0.358 e. The molecule has 5 heteroatoms. The molecule has 1 aromatic heterocycles. The molecule has 1 heterocycles. The average Bonchev–Trinajstić information content (AvgIpc) is 2.04. The van der Waals surface area contributed by atoms with E-state index in [-0.39, 0.29) is 23.1 Å². The molecule has 0 amide bonds. The van der Waals surface area contributed by atoms with E-state index < -0.39 is 5.97 Å². The summed E-state index contributed by atoms with van der Waals surface area (Å²) in [6.45, 7) is 1.95. The van der Waals surface area contributed by atoms with Gasteiger partial charge in [0, 0.05) is 6.07 Å². The summed E-state index contributed by atoms with van der Waals surface area (Å²) < 4.78 is 4.68. The first-order valence-corrected chi connectivity index (χ1v) is 4.04. The maximum Gasteiger partial charge on any atom is 0.358 e. The van der Waals surface area contributed by atoms with Crippen LogP contribution < -0.4 is 0 Å². The molecule has 0 saturated heterocycles. The summed E-state index contributed by atoms with van der Waals surface area (Å²) >= 11 is 5.64. The van der Waals surface area contributed by atoms with Crippen molar-refractivity contribution in [3.8, 4) is 5.75 Å². The summed E-state index contributed by atoms with van der Waals surface area (Å²) in [7, 11) is 0. The molecule has 0 atom stereocenters. The monoisotopic (exact) mass is 201 g/mol. The highest BCUT2D eigenvalue weighted by molar-refractivity contribution is 6.33. The number of aromatic hydroxyl groups is 1. The second-order valence-electron chi connectivity index (χ2n) is 2.24. The second kappa shape index (κ2) is 4.09. The number of aromatic nitrogens is 1. The van der Waals surface area contributed by atoms with Gasteiger partial charge in [-0.05, 0) is 6.92 Å². The molecule has 0 unspecified atom stereocenters. The van der Waals surface area contributed by atoms with Gasteiger partial charge in [-0.1, -0.05) is 11.6 Å². The van der Waals surface area contributed by atoms with Gasteiger partial charge < -0.3 is 9.84 Å². The van der Waals surface area contributed by atoms with Crippen LogP contribution in [-0.4, -0.2) is 22.7 Å². The van der Waals surface area contributed by atoms with Gasteiger partial charge in [-0.25, -0.2) is 9.78 Å². The minimum atomic E-state index is -0.590. The van der Waals surface area contributed by atoms with Crippen molar-refractivity contribution in [2.45, 2.75) is 6.92 Å². The first-order chi connectivity index (χ1) is 6.15. The van der Waals surface area contributed by atoms with Crippen LogP contribution in [0.25, 0.3) is 0 Å². The Morgan fingerprint density at radius 2 is 2.46 bits per heavy atom. The predicted octanol–water partition coefficient (Wildman–Crippen LogP) is 1.62. The van der Waals surface area contributed by atoms with Crippen molar-refractivity contribution in [1.29, 1.82) is 0 Å². The molecule has 1 N–H and O–H groups in total. The van der Waals surface area contributed by atoms with Crippen molar-refractivity contribution >= 4 is 17.6 Å². The third kappa shape index (κ3) is 2.32. The summed E-state index contributed by atoms with van der Waals surface area (Å²) in [6.07, 6.45) is 1.14. The highest BCUT2D eigenvalue weighted by atomic mass is 35.5. The number of pyridine rings is 1. The number of carbonyl (C=O) groups is 1. The van der Waals surface area contributed by atoms with Crippen molar-refractivity contribution < 1.29 is 14.6 Å². The van der Waals surface area contributed by atoms with Crippen molar-refractivity contribution in [2.75, 3.05) is 6.61 Å². The number of rotatable bonds is 2. The third-order valence-electron chi connectivity index (χ3n) is 1.30. The molecule has 0 spiro atoms. The highest BCUT2D eigenvalue weighted by Crippen LogP contribution is 2.19. The number of carbonyl (C=O) groups excluding carboxylic acids is 1. The van der Waals surface area contributed by atoms with Crippen molar-refractivity contribution in [3.05, 3.63) is 23.0 Å². The minimum Gasteiger partial charge on any atom is -0.506 e. The highest BCUT2D eigenvalue weighted by Gasteiger charge is 2.13. The Hall–Kier alpha value is -1.29. The van der Waals surface area contributed by atoms with Crippen LogP contribution in [0.4, 0.5) is 0 Å². The van der Waals surface area contributed by atoms with Crippen LogP contribution in [0.3, 0.4) is 0 Å². The number of hydrogen-bond donors (Lipinski definition) is 1. The molecule has 70 valence electrons. The van der Waals surface area contributed by atoms with Gasteiger partial charge >= 0.3 is 5.97 Å². The van der Waals surface area contributed by atoms with Crippen LogP contribution in [0, 0.1) is 0 Å². The largest absolute Gasteiger partial charge is 0.506 e. The molecule has 0 radical (unpaired) electrons. The van der Waals surface area contributed by atoms with Gasteiger partial charge in [0.25, 0.3) is 0 Å². The van der Waals surface area contributed by atoms with Crippen LogP contribution in [0.2, 0.25) is 5.02 Å². The molecule has 0 aliphatic heterocycles. The first kappa shape index (κ1) is 9.80. The van der Waals surface area contributed by atoms with Crippen LogP contribution in [0.15, 0.2) is 12.3 Å². The molecular formula is C8H8ClNO3. The Kier molecular flexibility index (Phi) is 3.08. The molecule has 0 aromatic carbocycles. The minimum absolute atomic E-state index is 0.0151. The molecule has 13 heavy (non-hydrogen) atoms. The molecule has 0 bridgehead atoms. The van der Waals surface area contributed by atoms with E-state index in [2.05, 4.69) is 9.72 Å². The average molecular weight is 202 g/mol. The lowest BCUT2D eigenvalue weighted by Gasteiger charge is -2.02. The Morgan fingerprint density at radius 3 is 3.00 bits per heavy atom. The number of halogens is 1. The van der Waals surface area contributed by atoms with Gasteiger partial charge in [-0.2, -0.15) is 0 Å². The van der Waals surface area contributed by atoms with E-state index in [0.29, 0.717) is 0 Å². The summed E-state index contributed by atoms with van der Waals surface area (Å²) in [4.78, 5) is 14.8. The second-order valence-corrected chi connectivity index (χ2v) is 2.65. The van der Waals surface area contributed by atoms with E-state index in [4.69, 9.17) is 16.7 Å². The lowest BCUT2D eigenvalue weighted by atomic mass is 10.3. The summed E-state index contributed by atoms with van der Waals surface area (Å²) in [6, 6.07) is 1.24.